The summed E-state index contributed by atoms with van der Waals surface area (Å²) < 4.78 is 38.5. The van der Waals surface area contributed by atoms with Gasteiger partial charge in [0.2, 0.25) is 37.0 Å². The highest BCUT2D eigenvalue weighted by atomic mass is 16.7. The van der Waals surface area contributed by atoms with Gasteiger partial charge in [-0.1, -0.05) is 0 Å². The first kappa shape index (κ1) is 34.8. The molecule has 8 rings (SSSR count). The molecule has 280 valence electrons. The summed E-state index contributed by atoms with van der Waals surface area (Å²) in [7, 11) is 0. The van der Waals surface area contributed by atoms with E-state index in [1.165, 1.54) is 9.59 Å². The fraction of sp³-hybridized carbons (Fsp3) is 0.222. The molecule has 2 amide bonds. The Labute approximate surface area is 312 Å². The highest BCUT2D eigenvalue weighted by Crippen LogP contribution is 2.35. The van der Waals surface area contributed by atoms with E-state index < -0.39 is 0 Å². The van der Waals surface area contributed by atoms with Gasteiger partial charge in [-0.15, -0.1) is 20.4 Å². The number of carbonyl (C=O) groups is 2. The molecule has 6 aromatic rings. The summed E-state index contributed by atoms with van der Waals surface area (Å²) in [6, 6.07) is 24.7. The highest BCUT2D eigenvalue weighted by molar-refractivity contribution is 5.91. The number of hydrogen-bond acceptors (Lipinski definition) is 15. The Morgan fingerprint density at radius 1 is 0.564 bits per heavy atom. The summed E-state index contributed by atoms with van der Waals surface area (Å²) in [6.45, 7) is 1.50. The van der Waals surface area contributed by atoms with E-state index in [2.05, 4.69) is 41.5 Å². The van der Waals surface area contributed by atoms with Gasteiger partial charge in [0.05, 0.1) is 13.2 Å². The highest BCUT2D eigenvalue weighted by Gasteiger charge is 2.17. The average Bonchev–Trinajstić information content (AvgIpc) is 4.03. The van der Waals surface area contributed by atoms with Gasteiger partial charge in [0.25, 0.3) is 0 Å². The maximum absolute atomic E-state index is 12.5. The molecule has 19 heteroatoms. The normalized spacial score (nSPS) is 12.4. The molecule has 0 atom stereocenters. The minimum atomic E-state index is -0.313. The van der Waals surface area contributed by atoms with Crippen molar-refractivity contribution in [1.82, 2.24) is 40.4 Å². The Morgan fingerprint density at radius 2 is 1.00 bits per heavy atom. The molecule has 0 fully saturated rings. The van der Waals surface area contributed by atoms with Gasteiger partial charge in [-0.2, -0.15) is 9.59 Å². The molecule has 19 nitrogen and oxygen atoms in total. The van der Waals surface area contributed by atoms with Crippen LogP contribution in [-0.4, -0.2) is 92.2 Å². The molecule has 2 aliphatic rings. The molecular weight excluding hydrogens is 716 g/mol. The van der Waals surface area contributed by atoms with Crippen molar-refractivity contribution >= 4 is 23.2 Å². The second kappa shape index (κ2) is 16.2. The summed E-state index contributed by atoms with van der Waals surface area (Å²) in [5, 5.41) is 30.3. The topological polar surface area (TPSA) is 210 Å². The maximum atomic E-state index is 12.5. The predicted molar refractivity (Wildman–Crippen MR) is 191 cm³/mol. The lowest BCUT2D eigenvalue weighted by molar-refractivity contribution is -0.118. The standard InChI is InChI=1S/C36H32N10O9/c47-33(37-25-5-11-29-31(17-25)54-21-52-29)19-45-41-35(39-43-45)23-1-7-27(8-2-23)50-15-13-49-14-16-51-28-9-3-24(4-10-28)36-40-44-46(42-36)20-34(48)38-26-6-12-30-32(18-26)55-22-53-30/h1-12,17-18H,13-16,19-22H2,(H,37,47)(H,38,48). The number of nitrogens with zero attached hydrogens (tertiary/aromatic N) is 8. The Balaban J connectivity index is 0.704. The molecule has 0 saturated carbocycles. The molecule has 4 heterocycles. The second-order valence-corrected chi connectivity index (χ2v) is 11.9. The van der Waals surface area contributed by atoms with Crippen LogP contribution in [0.1, 0.15) is 0 Å². The van der Waals surface area contributed by atoms with Crippen LogP contribution in [0.4, 0.5) is 11.4 Å². The molecule has 55 heavy (non-hydrogen) atoms. The number of fused-ring (bicyclic) bond motifs is 2. The van der Waals surface area contributed by atoms with Gasteiger partial charge in [-0.05, 0) is 83.2 Å². The third-order valence-corrected chi connectivity index (χ3v) is 8.01. The van der Waals surface area contributed by atoms with Crippen LogP contribution >= 0.6 is 0 Å². The first-order valence-corrected chi connectivity index (χ1v) is 17.0. The van der Waals surface area contributed by atoms with Gasteiger partial charge < -0.3 is 43.8 Å². The Kier molecular flexibility index (Phi) is 10.2. The van der Waals surface area contributed by atoms with Crippen molar-refractivity contribution in [1.29, 1.82) is 0 Å². The molecular formula is C36H32N10O9. The molecule has 0 spiro atoms. The molecule has 0 radical (unpaired) electrons. The minimum absolute atomic E-state index is 0.113. The van der Waals surface area contributed by atoms with E-state index in [0.717, 1.165) is 11.1 Å². The number of hydrogen-bond donors (Lipinski definition) is 2. The number of rotatable bonds is 16. The maximum Gasteiger partial charge on any atom is 0.248 e. The summed E-state index contributed by atoms with van der Waals surface area (Å²) in [6.07, 6.45) is 0. The van der Waals surface area contributed by atoms with Gasteiger partial charge in [-0.3, -0.25) is 9.59 Å². The number of aromatic nitrogens is 8. The number of nitrogens with one attached hydrogen (secondary N) is 2. The van der Waals surface area contributed by atoms with Crippen molar-refractivity contribution in [3.63, 3.8) is 0 Å². The van der Waals surface area contributed by atoms with Crippen LogP contribution in [0.5, 0.6) is 34.5 Å². The lowest BCUT2D eigenvalue weighted by atomic mass is 10.2. The third-order valence-electron chi connectivity index (χ3n) is 8.01. The minimum Gasteiger partial charge on any atom is -0.491 e. The van der Waals surface area contributed by atoms with Crippen LogP contribution < -0.4 is 39.1 Å². The van der Waals surface area contributed by atoms with Crippen molar-refractivity contribution in [3.05, 3.63) is 84.9 Å². The van der Waals surface area contributed by atoms with Gasteiger partial charge in [-0.25, -0.2) is 0 Å². The zero-order valence-corrected chi connectivity index (χ0v) is 29.0. The van der Waals surface area contributed by atoms with Crippen molar-refractivity contribution < 1.29 is 42.7 Å². The number of tetrazole rings is 2. The number of benzene rings is 4. The summed E-state index contributed by atoms with van der Waals surface area (Å²) in [5.41, 5.74) is 2.59. The molecule has 2 N–H and O–H groups in total. The number of carbonyl (C=O) groups excluding carboxylic acids is 2. The first-order chi connectivity index (χ1) is 27.0. The molecule has 0 bridgehead atoms. The van der Waals surface area contributed by atoms with Crippen LogP contribution in [-0.2, 0) is 27.4 Å². The van der Waals surface area contributed by atoms with Crippen molar-refractivity contribution in [2.24, 2.45) is 0 Å². The second-order valence-electron chi connectivity index (χ2n) is 11.9. The van der Waals surface area contributed by atoms with Gasteiger partial charge in [0.1, 0.15) is 37.8 Å². The van der Waals surface area contributed by atoms with E-state index in [4.69, 9.17) is 33.2 Å². The first-order valence-electron chi connectivity index (χ1n) is 17.0. The summed E-state index contributed by atoms with van der Waals surface area (Å²) >= 11 is 0. The van der Waals surface area contributed by atoms with E-state index in [9.17, 15) is 9.59 Å². The third kappa shape index (κ3) is 8.86. The van der Waals surface area contributed by atoms with Crippen LogP contribution in [0.15, 0.2) is 84.9 Å². The van der Waals surface area contributed by atoms with Crippen molar-refractivity contribution in [2.45, 2.75) is 13.1 Å². The largest absolute Gasteiger partial charge is 0.491 e. The van der Waals surface area contributed by atoms with E-state index >= 15 is 0 Å². The van der Waals surface area contributed by atoms with Crippen molar-refractivity contribution in [3.8, 4) is 57.3 Å². The van der Waals surface area contributed by atoms with E-state index in [1.54, 1.807) is 60.7 Å². The molecule has 2 aliphatic heterocycles. The lowest BCUT2D eigenvalue weighted by Crippen LogP contribution is -2.20. The van der Waals surface area contributed by atoms with E-state index in [-0.39, 0.29) is 38.5 Å². The SMILES string of the molecule is O=C(Cn1nnc(-c2ccc(OCCOCCOc3ccc(-c4nnn(CC(=O)Nc5ccc6c(c5)OCO6)n4)cc3)cc2)n1)Nc1ccc2c(c1)OCO2. The van der Waals surface area contributed by atoms with Gasteiger partial charge >= 0.3 is 0 Å². The predicted octanol–water partition coefficient (Wildman–Crippen LogP) is 3.20. The molecule has 4 aromatic carbocycles. The molecule has 2 aromatic heterocycles. The Morgan fingerprint density at radius 3 is 1.45 bits per heavy atom. The zero-order chi connectivity index (χ0) is 37.4. The summed E-state index contributed by atoms with van der Waals surface area (Å²) in [5.74, 6) is 3.84. The van der Waals surface area contributed by atoms with Crippen LogP contribution in [0.3, 0.4) is 0 Å². The molecule has 0 saturated heterocycles. The number of amides is 2. The van der Waals surface area contributed by atoms with Gasteiger partial charge in [0.15, 0.2) is 23.0 Å². The monoisotopic (exact) mass is 748 g/mol. The summed E-state index contributed by atoms with van der Waals surface area (Å²) in [4.78, 5) is 27.4. The van der Waals surface area contributed by atoms with Gasteiger partial charge in [0, 0.05) is 34.6 Å². The zero-order valence-electron chi connectivity index (χ0n) is 29.0. The fourth-order valence-electron chi connectivity index (χ4n) is 5.40. The molecule has 0 unspecified atom stereocenters. The van der Waals surface area contributed by atoms with Crippen LogP contribution in [0.2, 0.25) is 0 Å². The number of anilines is 2. The van der Waals surface area contributed by atoms with Crippen LogP contribution in [0, 0.1) is 0 Å². The molecule has 0 aliphatic carbocycles. The number of ether oxygens (including phenoxy) is 7. The quantitative estimate of drug-likeness (QED) is 0.136. The van der Waals surface area contributed by atoms with E-state index in [1.807, 2.05) is 24.3 Å². The van der Waals surface area contributed by atoms with Crippen LogP contribution in [0.25, 0.3) is 22.8 Å². The van der Waals surface area contributed by atoms with E-state index in [0.29, 0.717) is 83.9 Å². The average molecular weight is 749 g/mol. The van der Waals surface area contributed by atoms with Crippen molar-refractivity contribution in [2.75, 3.05) is 50.6 Å². The smallest absolute Gasteiger partial charge is 0.248 e. The Hall–Kier alpha value is -7.28. The Bertz CT molecular complexity index is 2120. The fourth-order valence-corrected chi connectivity index (χ4v) is 5.40. The lowest BCUT2D eigenvalue weighted by Gasteiger charge is -2.09.